The molecule has 0 radical (unpaired) electrons. The maximum absolute atomic E-state index is 9.82. The fourth-order valence-electron chi connectivity index (χ4n) is 2.44. The average Bonchev–Trinajstić information content (AvgIpc) is 2.77. The minimum absolute atomic E-state index is 0.211. The molecule has 2 atom stereocenters. The minimum atomic E-state index is -0.211. The van der Waals surface area contributed by atoms with E-state index in [0.29, 0.717) is 12.6 Å². The number of ether oxygens (including phenoxy) is 1. The Balaban J connectivity index is 0.000000258. The van der Waals surface area contributed by atoms with Gasteiger partial charge in [-0.05, 0) is 37.7 Å². The fraction of sp³-hybridized carbons (Fsp3) is 0.562. The lowest BCUT2D eigenvalue weighted by atomic mass is 9.95. The third kappa shape index (κ3) is 6.39. The highest BCUT2D eigenvalue weighted by molar-refractivity contribution is 5.65. The summed E-state index contributed by atoms with van der Waals surface area (Å²) in [5.74, 6) is 0.514. The van der Waals surface area contributed by atoms with Gasteiger partial charge in [0, 0.05) is 13.0 Å². The van der Waals surface area contributed by atoms with Crippen molar-refractivity contribution in [3.05, 3.63) is 35.9 Å². The zero-order chi connectivity index (χ0) is 14.1. The Morgan fingerprint density at radius 3 is 2.42 bits per heavy atom. The van der Waals surface area contributed by atoms with Crippen molar-refractivity contribution in [3.63, 3.8) is 0 Å². The molecule has 1 aliphatic rings. The molecule has 1 saturated carbocycles. The van der Waals surface area contributed by atoms with Crippen molar-refractivity contribution in [2.75, 3.05) is 6.61 Å². The van der Waals surface area contributed by atoms with E-state index in [-0.39, 0.29) is 5.97 Å². The van der Waals surface area contributed by atoms with Crippen LogP contribution in [-0.2, 0) is 16.0 Å². The second-order valence-electron chi connectivity index (χ2n) is 4.97. The summed E-state index contributed by atoms with van der Waals surface area (Å²) >= 11 is 0. The van der Waals surface area contributed by atoms with E-state index in [1.54, 1.807) is 6.92 Å². The highest BCUT2D eigenvalue weighted by Crippen LogP contribution is 2.27. The van der Waals surface area contributed by atoms with Gasteiger partial charge in [-0.3, -0.25) is 4.79 Å². The van der Waals surface area contributed by atoms with E-state index in [4.69, 9.17) is 5.73 Å². The van der Waals surface area contributed by atoms with Crippen LogP contribution in [0.4, 0.5) is 0 Å². The van der Waals surface area contributed by atoms with Gasteiger partial charge in [-0.1, -0.05) is 36.8 Å². The quantitative estimate of drug-likeness (QED) is 0.853. The van der Waals surface area contributed by atoms with Crippen molar-refractivity contribution in [3.8, 4) is 0 Å². The molecule has 2 unspecified atom stereocenters. The van der Waals surface area contributed by atoms with Crippen molar-refractivity contribution < 1.29 is 9.53 Å². The maximum Gasteiger partial charge on any atom is 0.302 e. The van der Waals surface area contributed by atoms with Crippen molar-refractivity contribution >= 4 is 5.97 Å². The van der Waals surface area contributed by atoms with Gasteiger partial charge in [-0.2, -0.15) is 0 Å². The Labute approximate surface area is 116 Å². The van der Waals surface area contributed by atoms with Gasteiger partial charge in [-0.25, -0.2) is 0 Å². The van der Waals surface area contributed by atoms with E-state index in [9.17, 15) is 4.79 Å². The van der Waals surface area contributed by atoms with Gasteiger partial charge in [0.2, 0.25) is 0 Å². The number of benzene rings is 1. The van der Waals surface area contributed by atoms with Crippen LogP contribution in [0.1, 0.15) is 38.7 Å². The zero-order valence-corrected chi connectivity index (χ0v) is 12.0. The van der Waals surface area contributed by atoms with Crippen LogP contribution in [0.3, 0.4) is 0 Å². The van der Waals surface area contributed by atoms with E-state index in [1.165, 1.54) is 38.2 Å². The number of hydrogen-bond donors (Lipinski definition) is 1. The van der Waals surface area contributed by atoms with Crippen LogP contribution in [0, 0.1) is 5.92 Å². The average molecular weight is 263 g/mol. The van der Waals surface area contributed by atoms with Gasteiger partial charge in [0.25, 0.3) is 0 Å². The molecular formula is C16H25NO2. The van der Waals surface area contributed by atoms with E-state index < -0.39 is 0 Å². The second-order valence-corrected chi connectivity index (χ2v) is 4.97. The van der Waals surface area contributed by atoms with Gasteiger partial charge in [0.15, 0.2) is 0 Å². The van der Waals surface area contributed by atoms with E-state index in [0.717, 1.165) is 5.92 Å². The fourth-order valence-corrected chi connectivity index (χ4v) is 2.44. The number of carbonyl (C=O) groups excluding carboxylic acids is 1. The first-order valence-corrected chi connectivity index (χ1v) is 7.06. The Morgan fingerprint density at radius 1 is 1.32 bits per heavy atom. The van der Waals surface area contributed by atoms with Crippen molar-refractivity contribution in [1.29, 1.82) is 0 Å². The minimum Gasteiger partial charge on any atom is -0.466 e. The molecule has 2 rings (SSSR count). The second kappa shape index (κ2) is 8.70. The van der Waals surface area contributed by atoms with Gasteiger partial charge >= 0.3 is 5.97 Å². The van der Waals surface area contributed by atoms with E-state index >= 15 is 0 Å². The smallest absolute Gasteiger partial charge is 0.302 e. The highest BCUT2D eigenvalue weighted by atomic mass is 16.5. The van der Waals surface area contributed by atoms with Crippen molar-refractivity contribution in [2.45, 2.75) is 45.6 Å². The number of nitrogens with two attached hydrogens (primary N) is 1. The molecular weight excluding hydrogens is 238 g/mol. The summed E-state index contributed by atoms with van der Waals surface area (Å²) in [6, 6.07) is 11.1. The summed E-state index contributed by atoms with van der Waals surface area (Å²) < 4.78 is 4.40. The predicted octanol–water partition coefficient (Wildman–Crippen LogP) is 2.93. The van der Waals surface area contributed by atoms with Gasteiger partial charge < -0.3 is 10.5 Å². The van der Waals surface area contributed by atoms with Crippen molar-refractivity contribution in [1.82, 2.24) is 0 Å². The number of esters is 1. The monoisotopic (exact) mass is 263 g/mol. The van der Waals surface area contributed by atoms with Crippen LogP contribution in [0.15, 0.2) is 30.3 Å². The lowest BCUT2D eigenvalue weighted by Crippen LogP contribution is -2.25. The molecule has 0 aromatic heterocycles. The molecule has 1 aromatic carbocycles. The first-order chi connectivity index (χ1) is 9.13. The lowest BCUT2D eigenvalue weighted by Gasteiger charge is -2.14. The molecule has 1 aliphatic carbocycles. The Hall–Kier alpha value is -1.35. The summed E-state index contributed by atoms with van der Waals surface area (Å²) in [7, 11) is 0. The molecule has 0 aliphatic heterocycles. The summed E-state index contributed by atoms with van der Waals surface area (Å²) in [6.45, 7) is 3.65. The molecule has 0 amide bonds. The van der Waals surface area contributed by atoms with Crippen LogP contribution in [0.2, 0.25) is 0 Å². The third-order valence-corrected chi connectivity index (χ3v) is 3.41. The largest absolute Gasteiger partial charge is 0.466 e. The number of hydrogen-bond acceptors (Lipinski definition) is 3. The molecule has 3 nitrogen and oxygen atoms in total. The molecule has 2 N–H and O–H groups in total. The Morgan fingerprint density at radius 2 is 2.00 bits per heavy atom. The lowest BCUT2D eigenvalue weighted by molar-refractivity contribution is -0.140. The summed E-state index contributed by atoms with van der Waals surface area (Å²) in [6.07, 6.45) is 5.02. The molecule has 1 fully saturated rings. The normalized spacial score (nSPS) is 21.4. The van der Waals surface area contributed by atoms with Crippen LogP contribution in [0.5, 0.6) is 0 Å². The zero-order valence-electron chi connectivity index (χ0n) is 12.0. The van der Waals surface area contributed by atoms with Crippen LogP contribution < -0.4 is 5.73 Å². The van der Waals surface area contributed by atoms with Gasteiger partial charge in [-0.15, -0.1) is 0 Å². The molecule has 1 aromatic rings. The molecule has 0 saturated heterocycles. The molecule has 0 bridgehead atoms. The third-order valence-electron chi connectivity index (χ3n) is 3.41. The Bertz CT molecular complexity index is 364. The van der Waals surface area contributed by atoms with Gasteiger partial charge in [0.05, 0.1) is 6.61 Å². The predicted molar refractivity (Wildman–Crippen MR) is 77.8 cm³/mol. The van der Waals surface area contributed by atoms with Gasteiger partial charge in [0.1, 0.15) is 0 Å². The number of carbonyl (C=O) groups is 1. The van der Waals surface area contributed by atoms with Crippen LogP contribution in [-0.4, -0.2) is 18.6 Å². The maximum atomic E-state index is 9.82. The SMILES string of the molecule is CCOC(C)=O.NC1CCCC1Cc1ccccc1. The molecule has 3 heteroatoms. The standard InChI is InChI=1S/C12H17N.C4H8O2/c13-12-8-4-7-11(12)9-10-5-2-1-3-6-10;1-3-6-4(2)5/h1-3,5-6,11-12H,4,7-9,13H2;3H2,1-2H3. The number of rotatable bonds is 3. The summed E-state index contributed by atoms with van der Waals surface area (Å²) in [5, 5.41) is 0. The summed E-state index contributed by atoms with van der Waals surface area (Å²) in [4.78, 5) is 9.82. The first-order valence-electron chi connectivity index (χ1n) is 7.06. The molecule has 0 heterocycles. The molecule has 106 valence electrons. The summed E-state index contributed by atoms with van der Waals surface area (Å²) in [5.41, 5.74) is 7.46. The van der Waals surface area contributed by atoms with E-state index in [2.05, 4.69) is 35.1 Å². The van der Waals surface area contributed by atoms with Crippen molar-refractivity contribution in [2.24, 2.45) is 11.7 Å². The van der Waals surface area contributed by atoms with Crippen LogP contribution >= 0.6 is 0 Å². The highest BCUT2D eigenvalue weighted by Gasteiger charge is 2.23. The Kier molecular flexibility index (Phi) is 7.19. The molecule has 0 spiro atoms. The topological polar surface area (TPSA) is 52.3 Å². The van der Waals surface area contributed by atoms with Crippen LogP contribution in [0.25, 0.3) is 0 Å². The first kappa shape index (κ1) is 15.7. The van der Waals surface area contributed by atoms with E-state index in [1.807, 2.05) is 0 Å². The molecule has 19 heavy (non-hydrogen) atoms.